The first-order valence-electron chi connectivity index (χ1n) is 6.62. The Balaban J connectivity index is 1.93. The molecule has 0 radical (unpaired) electrons. The van der Waals surface area contributed by atoms with Crippen molar-refractivity contribution in [2.24, 2.45) is 0 Å². The molecule has 2 aromatic carbocycles. The molecule has 0 fully saturated rings. The van der Waals surface area contributed by atoms with Gasteiger partial charge in [-0.1, -0.05) is 60.2 Å². The monoisotopic (exact) mass is 255 g/mol. The van der Waals surface area contributed by atoms with Crippen molar-refractivity contribution in [3.8, 4) is 0 Å². The van der Waals surface area contributed by atoms with Gasteiger partial charge in [0.1, 0.15) is 0 Å². The van der Waals surface area contributed by atoms with Crippen LogP contribution in [0.1, 0.15) is 22.8 Å². The van der Waals surface area contributed by atoms with Crippen LogP contribution in [0.25, 0.3) is 0 Å². The lowest BCUT2D eigenvalue weighted by molar-refractivity contribution is 0.124. The Morgan fingerprint density at radius 1 is 1.05 bits per heavy atom. The van der Waals surface area contributed by atoms with Gasteiger partial charge in [0.2, 0.25) is 0 Å². The fraction of sp³-hybridized carbons (Fsp3) is 0.294. The average molecular weight is 255 g/mol. The lowest BCUT2D eigenvalue weighted by atomic mass is 10.1. The van der Waals surface area contributed by atoms with Crippen LogP contribution in [0, 0.1) is 6.92 Å². The summed E-state index contributed by atoms with van der Waals surface area (Å²) < 4.78 is 0. The van der Waals surface area contributed by atoms with E-state index in [2.05, 4.69) is 17.0 Å². The molecule has 1 atom stereocenters. The maximum absolute atomic E-state index is 10.3. The van der Waals surface area contributed by atoms with Crippen molar-refractivity contribution in [2.75, 3.05) is 13.6 Å². The quantitative estimate of drug-likeness (QED) is 0.887. The van der Waals surface area contributed by atoms with Gasteiger partial charge in [0.05, 0.1) is 6.10 Å². The van der Waals surface area contributed by atoms with Crippen LogP contribution in [0.2, 0.25) is 0 Å². The van der Waals surface area contributed by atoms with Crippen molar-refractivity contribution in [2.45, 2.75) is 19.6 Å². The number of hydrogen-bond donors (Lipinski definition) is 1. The molecule has 0 aromatic heterocycles. The third-order valence-electron chi connectivity index (χ3n) is 3.21. The molecule has 0 aliphatic rings. The highest BCUT2D eigenvalue weighted by molar-refractivity contribution is 5.24. The van der Waals surface area contributed by atoms with Crippen molar-refractivity contribution < 1.29 is 5.11 Å². The van der Waals surface area contributed by atoms with E-state index in [1.165, 1.54) is 11.1 Å². The Hall–Kier alpha value is -1.64. The largest absolute Gasteiger partial charge is 0.387 e. The van der Waals surface area contributed by atoms with Crippen LogP contribution < -0.4 is 0 Å². The zero-order valence-corrected chi connectivity index (χ0v) is 11.6. The molecule has 0 unspecified atom stereocenters. The minimum Gasteiger partial charge on any atom is -0.387 e. The van der Waals surface area contributed by atoms with E-state index in [1.54, 1.807) is 0 Å². The third kappa shape index (κ3) is 4.19. The molecule has 0 amide bonds. The van der Waals surface area contributed by atoms with Gasteiger partial charge in [-0.25, -0.2) is 0 Å². The van der Waals surface area contributed by atoms with Crippen LogP contribution in [0.4, 0.5) is 0 Å². The molecule has 0 heterocycles. The van der Waals surface area contributed by atoms with E-state index in [1.807, 2.05) is 56.4 Å². The molecular weight excluding hydrogens is 234 g/mol. The number of rotatable bonds is 5. The van der Waals surface area contributed by atoms with Crippen LogP contribution in [0.3, 0.4) is 0 Å². The lowest BCUT2D eigenvalue weighted by Crippen LogP contribution is -2.24. The Labute approximate surface area is 115 Å². The zero-order valence-electron chi connectivity index (χ0n) is 11.6. The first-order valence-corrected chi connectivity index (χ1v) is 6.62. The number of hydrogen-bond acceptors (Lipinski definition) is 2. The summed E-state index contributed by atoms with van der Waals surface area (Å²) in [6, 6.07) is 18.4. The summed E-state index contributed by atoms with van der Waals surface area (Å²) in [6.07, 6.45) is -0.436. The average Bonchev–Trinajstić information content (AvgIpc) is 2.39. The fourth-order valence-corrected chi connectivity index (χ4v) is 2.24. The maximum atomic E-state index is 10.3. The standard InChI is InChI=1S/C17H21NO/c1-14-7-6-10-16(11-14)17(19)13-18(2)12-15-8-4-3-5-9-15/h3-11,17,19H,12-13H2,1-2H3/t17-/m1/s1. The first kappa shape index (κ1) is 13.8. The molecule has 0 aliphatic heterocycles. The fourth-order valence-electron chi connectivity index (χ4n) is 2.24. The molecular formula is C17H21NO. The van der Waals surface area contributed by atoms with E-state index >= 15 is 0 Å². The summed E-state index contributed by atoms with van der Waals surface area (Å²) in [7, 11) is 2.03. The highest BCUT2D eigenvalue weighted by Gasteiger charge is 2.10. The SMILES string of the molecule is Cc1cccc([C@H](O)CN(C)Cc2ccccc2)c1. The van der Waals surface area contributed by atoms with E-state index in [9.17, 15) is 5.11 Å². The number of nitrogens with zero attached hydrogens (tertiary/aromatic N) is 1. The van der Waals surface area contributed by atoms with Crippen LogP contribution >= 0.6 is 0 Å². The van der Waals surface area contributed by atoms with Crippen molar-refractivity contribution in [1.82, 2.24) is 4.90 Å². The summed E-state index contributed by atoms with van der Waals surface area (Å²) in [4.78, 5) is 2.14. The van der Waals surface area contributed by atoms with E-state index in [0.717, 1.165) is 12.1 Å². The van der Waals surface area contributed by atoms with Gasteiger partial charge in [-0.3, -0.25) is 4.90 Å². The summed E-state index contributed by atoms with van der Waals surface area (Å²) in [6.45, 7) is 3.53. The number of aliphatic hydroxyl groups excluding tert-OH is 1. The first-order chi connectivity index (χ1) is 9.15. The molecule has 0 aliphatic carbocycles. The van der Waals surface area contributed by atoms with Crippen LogP contribution in [0.15, 0.2) is 54.6 Å². The smallest absolute Gasteiger partial charge is 0.0917 e. The molecule has 2 nitrogen and oxygen atoms in total. The highest BCUT2D eigenvalue weighted by Crippen LogP contribution is 2.16. The molecule has 2 rings (SSSR count). The number of benzene rings is 2. The number of aliphatic hydroxyl groups is 1. The molecule has 0 bridgehead atoms. The van der Waals surface area contributed by atoms with Crippen LogP contribution in [-0.2, 0) is 6.54 Å². The van der Waals surface area contributed by atoms with Gasteiger partial charge in [-0.05, 0) is 25.1 Å². The maximum Gasteiger partial charge on any atom is 0.0917 e. The Bertz CT molecular complexity index is 510. The molecule has 1 N–H and O–H groups in total. The van der Waals surface area contributed by atoms with E-state index in [-0.39, 0.29) is 0 Å². The summed E-state index contributed by atoms with van der Waals surface area (Å²) in [5.41, 5.74) is 3.43. The van der Waals surface area contributed by atoms with E-state index in [0.29, 0.717) is 6.54 Å². The van der Waals surface area contributed by atoms with E-state index in [4.69, 9.17) is 0 Å². The summed E-state index contributed by atoms with van der Waals surface area (Å²) in [5, 5.41) is 10.3. The van der Waals surface area contributed by atoms with E-state index < -0.39 is 6.10 Å². The second-order valence-corrected chi connectivity index (χ2v) is 5.11. The number of aryl methyl sites for hydroxylation is 1. The molecule has 19 heavy (non-hydrogen) atoms. The van der Waals surface area contributed by atoms with Crippen LogP contribution in [-0.4, -0.2) is 23.6 Å². The second-order valence-electron chi connectivity index (χ2n) is 5.11. The Kier molecular flexibility index (Phi) is 4.72. The van der Waals surface area contributed by atoms with Gasteiger partial charge < -0.3 is 5.11 Å². The Morgan fingerprint density at radius 2 is 1.79 bits per heavy atom. The van der Waals surface area contributed by atoms with Crippen molar-refractivity contribution in [3.63, 3.8) is 0 Å². The highest BCUT2D eigenvalue weighted by atomic mass is 16.3. The minimum absolute atomic E-state index is 0.436. The number of likely N-dealkylation sites (N-methyl/N-ethyl adjacent to an activating group) is 1. The normalized spacial score (nSPS) is 12.6. The molecule has 0 spiro atoms. The molecule has 2 aromatic rings. The molecule has 2 heteroatoms. The van der Waals surface area contributed by atoms with Crippen LogP contribution in [0.5, 0.6) is 0 Å². The van der Waals surface area contributed by atoms with Gasteiger partial charge in [-0.2, -0.15) is 0 Å². The third-order valence-corrected chi connectivity index (χ3v) is 3.21. The predicted molar refractivity (Wildman–Crippen MR) is 78.9 cm³/mol. The lowest BCUT2D eigenvalue weighted by Gasteiger charge is -2.21. The van der Waals surface area contributed by atoms with Crippen molar-refractivity contribution in [3.05, 3.63) is 71.3 Å². The topological polar surface area (TPSA) is 23.5 Å². The van der Waals surface area contributed by atoms with Gasteiger partial charge >= 0.3 is 0 Å². The summed E-state index contributed by atoms with van der Waals surface area (Å²) >= 11 is 0. The Morgan fingerprint density at radius 3 is 2.47 bits per heavy atom. The summed E-state index contributed by atoms with van der Waals surface area (Å²) in [5.74, 6) is 0. The van der Waals surface area contributed by atoms with Crippen molar-refractivity contribution in [1.29, 1.82) is 0 Å². The molecule has 0 saturated carbocycles. The van der Waals surface area contributed by atoms with Gasteiger partial charge in [0.15, 0.2) is 0 Å². The molecule has 0 saturated heterocycles. The second kappa shape index (κ2) is 6.50. The van der Waals surface area contributed by atoms with Gasteiger partial charge in [0.25, 0.3) is 0 Å². The zero-order chi connectivity index (χ0) is 13.7. The molecule has 100 valence electrons. The van der Waals surface area contributed by atoms with Crippen molar-refractivity contribution >= 4 is 0 Å². The minimum atomic E-state index is -0.436. The van der Waals surface area contributed by atoms with Gasteiger partial charge in [0, 0.05) is 13.1 Å². The predicted octanol–water partition coefficient (Wildman–Crippen LogP) is 3.16. The van der Waals surface area contributed by atoms with Gasteiger partial charge in [-0.15, -0.1) is 0 Å².